The molecule has 0 saturated heterocycles. The number of imidazole rings is 1. The molecule has 0 aliphatic heterocycles. The standard InChI is InChI=1S/C16H13BrClN3/c17-15-12(18)7-4-8-13(15)21-10-20-9-14(21)16(19)11-5-2-1-3-6-11/h1-10,16H,19H2. The maximum Gasteiger partial charge on any atom is 0.0995 e. The summed E-state index contributed by atoms with van der Waals surface area (Å²) in [4.78, 5) is 4.23. The van der Waals surface area contributed by atoms with Crippen LogP contribution in [0.3, 0.4) is 0 Å². The second kappa shape index (κ2) is 6.02. The molecule has 21 heavy (non-hydrogen) atoms. The molecule has 0 aliphatic rings. The van der Waals surface area contributed by atoms with Gasteiger partial charge in [-0.25, -0.2) is 4.98 Å². The van der Waals surface area contributed by atoms with Crippen LogP contribution in [0.4, 0.5) is 0 Å². The second-order valence-corrected chi connectivity index (χ2v) is 5.85. The lowest BCUT2D eigenvalue weighted by Gasteiger charge is -2.16. The van der Waals surface area contributed by atoms with Crippen LogP contribution in [-0.2, 0) is 0 Å². The second-order valence-electron chi connectivity index (χ2n) is 4.65. The molecule has 0 radical (unpaired) electrons. The number of benzene rings is 2. The number of halogens is 2. The van der Waals surface area contributed by atoms with Crippen molar-refractivity contribution < 1.29 is 0 Å². The van der Waals surface area contributed by atoms with Crippen LogP contribution in [-0.4, -0.2) is 9.55 Å². The molecule has 0 saturated carbocycles. The number of hydrogen-bond acceptors (Lipinski definition) is 2. The molecular formula is C16H13BrClN3. The van der Waals surface area contributed by atoms with Crippen molar-refractivity contribution in [2.45, 2.75) is 6.04 Å². The van der Waals surface area contributed by atoms with E-state index in [1.54, 1.807) is 12.5 Å². The van der Waals surface area contributed by atoms with E-state index in [-0.39, 0.29) is 6.04 Å². The minimum absolute atomic E-state index is 0.250. The predicted octanol–water partition coefficient (Wildman–Crippen LogP) is 4.34. The third-order valence-corrected chi connectivity index (χ3v) is 4.71. The minimum Gasteiger partial charge on any atom is -0.319 e. The summed E-state index contributed by atoms with van der Waals surface area (Å²) in [5.41, 5.74) is 9.24. The molecule has 3 rings (SSSR count). The van der Waals surface area contributed by atoms with Crippen molar-refractivity contribution in [3.63, 3.8) is 0 Å². The topological polar surface area (TPSA) is 43.8 Å². The number of hydrogen-bond donors (Lipinski definition) is 1. The van der Waals surface area contributed by atoms with Gasteiger partial charge in [0.05, 0.1) is 39.4 Å². The van der Waals surface area contributed by atoms with E-state index in [4.69, 9.17) is 17.3 Å². The smallest absolute Gasteiger partial charge is 0.0995 e. The molecule has 1 unspecified atom stereocenters. The molecule has 1 aromatic heterocycles. The average Bonchev–Trinajstić information content (AvgIpc) is 2.99. The monoisotopic (exact) mass is 361 g/mol. The van der Waals surface area contributed by atoms with Gasteiger partial charge in [0.1, 0.15) is 0 Å². The Balaban J connectivity index is 2.08. The van der Waals surface area contributed by atoms with Crippen LogP contribution in [0.5, 0.6) is 0 Å². The molecule has 1 atom stereocenters. The summed E-state index contributed by atoms with van der Waals surface area (Å²) in [6, 6.07) is 15.4. The van der Waals surface area contributed by atoms with Crippen molar-refractivity contribution in [3.05, 3.63) is 81.8 Å². The highest BCUT2D eigenvalue weighted by Crippen LogP contribution is 2.31. The van der Waals surface area contributed by atoms with E-state index < -0.39 is 0 Å². The third kappa shape index (κ3) is 2.75. The Hall–Kier alpha value is -1.62. The lowest BCUT2D eigenvalue weighted by atomic mass is 10.1. The molecule has 0 amide bonds. The fourth-order valence-electron chi connectivity index (χ4n) is 2.25. The fraction of sp³-hybridized carbons (Fsp3) is 0.0625. The Morgan fingerprint density at radius 1 is 1.10 bits per heavy atom. The van der Waals surface area contributed by atoms with Crippen LogP contribution in [0.2, 0.25) is 5.02 Å². The number of nitrogens with two attached hydrogens (primary N) is 1. The molecule has 2 N–H and O–H groups in total. The largest absolute Gasteiger partial charge is 0.319 e. The van der Waals surface area contributed by atoms with Crippen molar-refractivity contribution in [2.24, 2.45) is 5.73 Å². The van der Waals surface area contributed by atoms with E-state index in [1.165, 1.54) is 0 Å². The SMILES string of the molecule is NC(c1ccccc1)c1cncn1-c1cccc(Cl)c1Br. The van der Waals surface area contributed by atoms with Gasteiger partial charge in [0.2, 0.25) is 0 Å². The van der Waals surface area contributed by atoms with Gasteiger partial charge in [0, 0.05) is 0 Å². The summed E-state index contributed by atoms with van der Waals surface area (Å²) in [6.07, 6.45) is 3.53. The fourth-order valence-corrected chi connectivity index (χ4v) is 2.87. The Labute approximate surface area is 136 Å². The van der Waals surface area contributed by atoms with Crippen molar-refractivity contribution >= 4 is 27.5 Å². The van der Waals surface area contributed by atoms with Crippen molar-refractivity contribution in [3.8, 4) is 5.69 Å². The van der Waals surface area contributed by atoms with Gasteiger partial charge in [-0.3, -0.25) is 0 Å². The lowest BCUT2D eigenvalue weighted by Crippen LogP contribution is -2.16. The van der Waals surface area contributed by atoms with Crippen molar-refractivity contribution in [2.75, 3.05) is 0 Å². The van der Waals surface area contributed by atoms with E-state index in [2.05, 4.69) is 20.9 Å². The number of nitrogens with zero attached hydrogens (tertiary/aromatic N) is 2. The molecule has 2 aromatic carbocycles. The van der Waals surface area contributed by atoms with Crippen LogP contribution in [0.25, 0.3) is 5.69 Å². The molecule has 1 heterocycles. The van der Waals surface area contributed by atoms with Crippen molar-refractivity contribution in [1.29, 1.82) is 0 Å². The Kier molecular flexibility index (Phi) is 4.10. The summed E-state index contributed by atoms with van der Waals surface area (Å²) in [6.45, 7) is 0. The Morgan fingerprint density at radius 3 is 2.62 bits per heavy atom. The van der Waals surface area contributed by atoms with Crippen LogP contribution in [0.1, 0.15) is 17.3 Å². The van der Waals surface area contributed by atoms with Crippen LogP contribution < -0.4 is 5.73 Å². The van der Waals surface area contributed by atoms with Gasteiger partial charge in [-0.1, -0.05) is 48.0 Å². The maximum absolute atomic E-state index is 6.38. The van der Waals surface area contributed by atoms with Gasteiger partial charge in [-0.05, 0) is 33.6 Å². The molecule has 5 heteroatoms. The van der Waals surface area contributed by atoms with Crippen molar-refractivity contribution in [1.82, 2.24) is 9.55 Å². The first-order chi connectivity index (χ1) is 10.2. The summed E-state index contributed by atoms with van der Waals surface area (Å²) in [5, 5.41) is 0.653. The van der Waals surface area contributed by atoms with Gasteiger partial charge in [0.25, 0.3) is 0 Å². The van der Waals surface area contributed by atoms with E-state index in [0.717, 1.165) is 21.4 Å². The Morgan fingerprint density at radius 2 is 1.86 bits per heavy atom. The normalized spacial score (nSPS) is 12.3. The summed E-state index contributed by atoms with van der Waals surface area (Å²) in [7, 11) is 0. The zero-order valence-electron chi connectivity index (χ0n) is 11.1. The zero-order valence-corrected chi connectivity index (χ0v) is 13.4. The number of aromatic nitrogens is 2. The first kappa shape index (κ1) is 14.3. The molecule has 106 valence electrons. The summed E-state index contributed by atoms with van der Waals surface area (Å²) in [5.74, 6) is 0. The van der Waals surface area contributed by atoms with E-state index in [0.29, 0.717) is 5.02 Å². The molecular weight excluding hydrogens is 350 g/mol. The first-order valence-electron chi connectivity index (χ1n) is 6.45. The molecule has 0 aliphatic carbocycles. The predicted molar refractivity (Wildman–Crippen MR) is 88.7 cm³/mol. The van der Waals surface area contributed by atoms with Crippen LogP contribution >= 0.6 is 27.5 Å². The minimum atomic E-state index is -0.250. The van der Waals surface area contributed by atoms with E-state index in [9.17, 15) is 0 Å². The van der Waals surface area contributed by atoms with E-state index >= 15 is 0 Å². The summed E-state index contributed by atoms with van der Waals surface area (Å²) >= 11 is 9.69. The van der Waals surface area contributed by atoms with Gasteiger partial charge in [-0.15, -0.1) is 0 Å². The van der Waals surface area contributed by atoms with Crippen LogP contribution in [0.15, 0.2) is 65.5 Å². The highest BCUT2D eigenvalue weighted by atomic mass is 79.9. The highest BCUT2D eigenvalue weighted by Gasteiger charge is 2.16. The van der Waals surface area contributed by atoms with Gasteiger partial charge in [-0.2, -0.15) is 0 Å². The molecule has 3 aromatic rings. The average molecular weight is 363 g/mol. The summed E-state index contributed by atoms with van der Waals surface area (Å²) < 4.78 is 2.78. The maximum atomic E-state index is 6.38. The molecule has 3 nitrogen and oxygen atoms in total. The highest BCUT2D eigenvalue weighted by molar-refractivity contribution is 9.10. The molecule has 0 bridgehead atoms. The third-order valence-electron chi connectivity index (χ3n) is 3.34. The number of rotatable bonds is 3. The molecule has 0 spiro atoms. The Bertz CT molecular complexity index is 755. The quantitative estimate of drug-likeness (QED) is 0.753. The van der Waals surface area contributed by atoms with Crippen LogP contribution in [0, 0.1) is 0 Å². The van der Waals surface area contributed by atoms with Gasteiger partial charge >= 0.3 is 0 Å². The first-order valence-corrected chi connectivity index (χ1v) is 7.62. The van der Waals surface area contributed by atoms with E-state index in [1.807, 2.05) is 53.1 Å². The zero-order chi connectivity index (χ0) is 14.8. The molecule has 0 fully saturated rings. The lowest BCUT2D eigenvalue weighted by molar-refractivity contribution is 0.792. The van der Waals surface area contributed by atoms with Gasteiger partial charge < -0.3 is 10.3 Å². The van der Waals surface area contributed by atoms with Gasteiger partial charge in [0.15, 0.2) is 0 Å².